The van der Waals surface area contributed by atoms with Crippen molar-refractivity contribution in [1.29, 1.82) is 0 Å². The number of fused-ring (bicyclic) bond motifs is 2. The first kappa shape index (κ1) is 19.6. The summed E-state index contributed by atoms with van der Waals surface area (Å²) in [6, 6.07) is 18.7. The Hall–Kier alpha value is -2.35. The molecule has 1 N–H and O–H groups in total. The van der Waals surface area contributed by atoms with E-state index in [0.29, 0.717) is 5.75 Å². The summed E-state index contributed by atoms with van der Waals surface area (Å²) < 4.78 is 0. The monoisotopic (exact) mass is 449 g/mol. The Morgan fingerprint density at radius 3 is 2.83 bits per heavy atom. The molecule has 3 heterocycles. The highest BCUT2D eigenvalue weighted by Crippen LogP contribution is 2.38. The van der Waals surface area contributed by atoms with E-state index in [1.165, 1.54) is 22.2 Å². The molecule has 0 bridgehead atoms. The first-order valence-corrected chi connectivity index (χ1v) is 12.6. The molecule has 1 amide bonds. The van der Waals surface area contributed by atoms with Gasteiger partial charge in [0.1, 0.15) is 16.2 Å². The van der Waals surface area contributed by atoms with E-state index in [1.54, 1.807) is 17.7 Å². The van der Waals surface area contributed by atoms with Gasteiger partial charge in [0.2, 0.25) is 5.91 Å². The fourth-order valence-corrected chi connectivity index (χ4v) is 6.58. The molecule has 0 saturated carbocycles. The minimum atomic E-state index is 0.0370. The van der Waals surface area contributed by atoms with Crippen LogP contribution in [-0.4, -0.2) is 27.4 Å². The maximum atomic E-state index is 12.7. The zero-order valence-electron chi connectivity index (χ0n) is 16.1. The minimum Gasteiger partial charge on any atom is -0.349 e. The number of amides is 1. The van der Waals surface area contributed by atoms with Crippen molar-refractivity contribution in [2.24, 2.45) is 0 Å². The highest BCUT2D eigenvalue weighted by atomic mass is 32.2. The van der Waals surface area contributed by atoms with Gasteiger partial charge in [0.15, 0.2) is 0 Å². The van der Waals surface area contributed by atoms with Crippen molar-refractivity contribution in [3.8, 4) is 11.1 Å². The Labute approximate surface area is 187 Å². The fourth-order valence-electron chi connectivity index (χ4n) is 3.65. The summed E-state index contributed by atoms with van der Waals surface area (Å²) in [4.78, 5) is 23.9. The Bertz CT molecular complexity index is 1190. The van der Waals surface area contributed by atoms with E-state index >= 15 is 0 Å². The van der Waals surface area contributed by atoms with Crippen LogP contribution < -0.4 is 5.32 Å². The van der Waals surface area contributed by atoms with Gasteiger partial charge in [-0.2, -0.15) is 0 Å². The molecule has 2 aromatic heterocycles. The van der Waals surface area contributed by atoms with Crippen molar-refractivity contribution in [3.05, 3.63) is 71.9 Å². The van der Waals surface area contributed by atoms with Gasteiger partial charge in [-0.15, -0.1) is 23.1 Å². The standard InChI is InChI=1S/C23H19N3OS3/c27-20(26-18-10-11-28-19-9-5-4-8-16(18)19)13-30-23-21-17(15-6-2-1-3-7-15)12-29-22(21)24-14-25-23/h1-9,12,14,18H,10-11,13H2,(H,26,27)/t18-/m0/s1. The molecule has 7 heteroatoms. The van der Waals surface area contributed by atoms with Crippen molar-refractivity contribution < 1.29 is 4.79 Å². The first-order chi connectivity index (χ1) is 14.8. The van der Waals surface area contributed by atoms with Crippen LogP contribution in [0.25, 0.3) is 21.3 Å². The van der Waals surface area contributed by atoms with E-state index in [9.17, 15) is 4.79 Å². The van der Waals surface area contributed by atoms with Crippen LogP contribution in [0.1, 0.15) is 18.0 Å². The lowest BCUT2D eigenvalue weighted by molar-refractivity contribution is -0.119. The predicted octanol–water partition coefficient (Wildman–Crippen LogP) is 5.80. The highest BCUT2D eigenvalue weighted by molar-refractivity contribution is 8.00. The largest absolute Gasteiger partial charge is 0.349 e. The molecule has 0 spiro atoms. The topological polar surface area (TPSA) is 54.9 Å². The first-order valence-electron chi connectivity index (χ1n) is 9.71. The summed E-state index contributed by atoms with van der Waals surface area (Å²) in [7, 11) is 0. The molecule has 0 aliphatic carbocycles. The lowest BCUT2D eigenvalue weighted by Gasteiger charge is -2.25. The van der Waals surface area contributed by atoms with Crippen molar-refractivity contribution in [2.45, 2.75) is 22.4 Å². The third-order valence-electron chi connectivity index (χ3n) is 5.05. The summed E-state index contributed by atoms with van der Waals surface area (Å²) in [5, 5.41) is 7.23. The lowest BCUT2D eigenvalue weighted by Crippen LogP contribution is -2.31. The second kappa shape index (κ2) is 8.79. The Morgan fingerprint density at radius 2 is 1.93 bits per heavy atom. The molecule has 1 atom stereocenters. The van der Waals surface area contributed by atoms with E-state index in [2.05, 4.69) is 51.0 Å². The molecule has 0 unspecified atom stereocenters. The Balaban J connectivity index is 1.34. The van der Waals surface area contributed by atoms with Crippen LogP contribution in [0.5, 0.6) is 0 Å². The second-order valence-corrected chi connectivity index (χ2v) is 9.92. The molecule has 150 valence electrons. The van der Waals surface area contributed by atoms with Crippen LogP contribution in [0, 0.1) is 0 Å². The van der Waals surface area contributed by atoms with Gasteiger partial charge in [0.05, 0.1) is 17.2 Å². The average Bonchev–Trinajstić information content (AvgIpc) is 3.23. The summed E-state index contributed by atoms with van der Waals surface area (Å²) in [5.41, 5.74) is 3.49. The molecule has 5 rings (SSSR count). The van der Waals surface area contributed by atoms with Crippen LogP contribution in [0.3, 0.4) is 0 Å². The Kier molecular flexibility index (Phi) is 5.75. The average molecular weight is 450 g/mol. The zero-order chi connectivity index (χ0) is 20.3. The van der Waals surface area contributed by atoms with Crippen molar-refractivity contribution >= 4 is 51.0 Å². The van der Waals surface area contributed by atoms with Crippen molar-refractivity contribution in [1.82, 2.24) is 15.3 Å². The van der Waals surface area contributed by atoms with Gasteiger partial charge in [0.25, 0.3) is 0 Å². The van der Waals surface area contributed by atoms with Gasteiger partial charge in [0, 0.05) is 21.6 Å². The van der Waals surface area contributed by atoms with Gasteiger partial charge in [-0.1, -0.05) is 60.3 Å². The van der Waals surface area contributed by atoms with Crippen LogP contribution in [-0.2, 0) is 4.79 Å². The van der Waals surface area contributed by atoms with Gasteiger partial charge >= 0.3 is 0 Å². The SMILES string of the molecule is O=C(CSc1ncnc2scc(-c3ccccc3)c12)N[C@H]1CCSc2ccccc21. The van der Waals surface area contributed by atoms with Crippen LogP contribution in [0.2, 0.25) is 0 Å². The molecule has 0 fully saturated rings. The summed E-state index contributed by atoms with van der Waals surface area (Å²) in [6.45, 7) is 0. The van der Waals surface area contributed by atoms with Crippen molar-refractivity contribution in [2.75, 3.05) is 11.5 Å². The summed E-state index contributed by atoms with van der Waals surface area (Å²) in [6.07, 6.45) is 2.54. The molecule has 30 heavy (non-hydrogen) atoms. The number of rotatable bonds is 5. The molecular formula is C23H19N3OS3. The summed E-state index contributed by atoms with van der Waals surface area (Å²) in [5.74, 6) is 1.40. The molecule has 2 aromatic carbocycles. The summed E-state index contributed by atoms with van der Waals surface area (Å²) >= 11 is 4.95. The second-order valence-electron chi connectivity index (χ2n) is 6.96. The van der Waals surface area contributed by atoms with E-state index in [1.807, 2.05) is 36.0 Å². The van der Waals surface area contributed by atoms with Gasteiger partial charge in [-0.05, 0) is 23.6 Å². The predicted molar refractivity (Wildman–Crippen MR) is 126 cm³/mol. The number of nitrogens with one attached hydrogen (secondary N) is 1. The third-order valence-corrected chi connectivity index (χ3v) is 8.05. The number of hydrogen-bond acceptors (Lipinski definition) is 6. The number of carbonyl (C=O) groups excluding carboxylic acids is 1. The zero-order valence-corrected chi connectivity index (χ0v) is 18.5. The number of carbonyl (C=O) groups is 1. The number of hydrogen-bond donors (Lipinski definition) is 1. The number of benzene rings is 2. The number of nitrogens with zero attached hydrogens (tertiary/aromatic N) is 2. The maximum Gasteiger partial charge on any atom is 0.230 e. The van der Waals surface area contributed by atoms with E-state index in [0.717, 1.165) is 38.5 Å². The molecule has 1 aliphatic heterocycles. The van der Waals surface area contributed by atoms with E-state index in [-0.39, 0.29) is 11.9 Å². The smallest absolute Gasteiger partial charge is 0.230 e. The van der Waals surface area contributed by atoms with Crippen LogP contribution in [0.4, 0.5) is 0 Å². The molecule has 1 aliphatic rings. The number of aromatic nitrogens is 2. The van der Waals surface area contributed by atoms with Crippen LogP contribution >= 0.6 is 34.9 Å². The van der Waals surface area contributed by atoms with Crippen LogP contribution in [0.15, 0.2) is 76.2 Å². The molecular weight excluding hydrogens is 430 g/mol. The maximum absolute atomic E-state index is 12.7. The normalized spacial score (nSPS) is 15.7. The minimum absolute atomic E-state index is 0.0370. The lowest BCUT2D eigenvalue weighted by atomic mass is 10.0. The van der Waals surface area contributed by atoms with Gasteiger partial charge in [-0.3, -0.25) is 4.79 Å². The molecule has 0 radical (unpaired) electrons. The molecule has 0 saturated heterocycles. The molecule has 4 aromatic rings. The number of thiophene rings is 1. The number of thioether (sulfide) groups is 2. The Morgan fingerprint density at radius 1 is 1.10 bits per heavy atom. The third kappa shape index (κ3) is 3.97. The molecule has 4 nitrogen and oxygen atoms in total. The highest BCUT2D eigenvalue weighted by Gasteiger charge is 2.22. The van der Waals surface area contributed by atoms with E-state index in [4.69, 9.17) is 0 Å². The van der Waals surface area contributed by atoms with E-state index < -0.39 is 0 Å². The fraction of sp³-hybridized carbons (Fsp3) is 0.174. The van der Waals surface area contributed by atoms with Gasteiger partial charge < -0.3 is 5.32 Å². The van der Waals surface area contributed by atoms with Gasteiger partial charge in [-0.25, -0.2) is 9.97 Å². The quantitative estimate of drug-likeness (QED) is 0.308. The van der Waals surface area contributed by atoms with Crippen molar-refractivity contribution in [3.63, 3.8) is 0 Å².